The van der Waals surface area contributed by atoms with Crippen LogP contribution in [0.1, 0.15) is 37.1 Å². The summed E-state index contributed by atoms with van der Waals surface area (Å²) in [7, 11) is 0. The lowest BCUT2D eigenvalue weighted by molar-refractivity contribution is 0.641. The van der Waals surface area contributed by atoms with Gasteiger partial charge in [-0.2, -0.15) is 0 Å². The Balaban J connectivity index is 2.06. The van der Waals surface area contributed by atoms with E-state index in [9.17, 15) is 0 Å². The van der Waals surface area contributed by atoms with Crippen molar-refractivity contribution in [2.45, 2.75) is 32.1 Å². The fourth-order valence-electron chi connectivity index (χ4n) is 2.66. The summed E-state index contributed by atoms with van der Waals surface area (Å²) in [5, 5.41) is 0.683. The maximum atomic E-state index is 6.02. The molecule has 0 aliphatic heterocycles. The van der Waals surface area contributed by atoms with E-state index in [4.69, 9.17) is 22.3 Å². The van der Waals surface area contributed by atoms with Crippen LogP contribution in [0.5, 0.6) is 0 Å². The Morgan fingerprint density at radius 2 is 2.33 bits per heavy atom. The molecule has 0 saturated carbocycles. The van der Waals surface area contributed by atoms with Gasteiger partial charge in [-0.05, 0) is 37.5 Å². The first-order valence-electron chi connectivity index (χ1n) is 6.33. The molecule has 1 heterocycles. The lowest BCUT2D eigenvalue weighted by Gasteiger charge is -2.05. The molecule has 1 aliphatic rings. The van der Waals surface area contributed by atoms with Crippen LogP contribution in [-0.4, -0.2) is 9.97 Å². The summed E-state index contributed by atoms with van der Waals surface area (Å²) in [6, 6.07) is 5.49. The molecule has 0 amide bonds. The van der Waals surface area contributed by atoms with E-state index in [1.165, 1.54) is 17.8 Å². The largest absolute Gasteiger partial charge is 0.398 e. The highest BCUT2D eigenvalue weighted by molar-refractivity contribution is 6.31. The van der Waals surface area contributed by atoms with Crippen molar-refractivity contribution in [1.82, 2.24) is 9.97 Å². The van der Waals surface area contributed by atoms with Crippen LogP contribution in [0.3, 0.4) is 0 Å². The summed E-state index contributed by atoms with van der Waals surface area (Å²) < 4.78 is 0. The van der Waals surface area contributed by atoms with Crippen LogP contribution in [-0.2, 0) is 6.42 Å². The number of nitrogens with one attached hydrogen (secondary N) is 1. The number of benzene rings is 1. The van der Waals surface area contributed by atoms with Gasteiger partial charge in [-0.1, -0.05) is 18.5 Å². The fourth-order valence-corrected chi connectivity index (χ4v) is 2.84. The van der Waals surface area contributed by atoms with Gasteiger partial charge in [-0.25, -0.2) is 4.98 Å². The van der Waals surface area contributed by atoms with E-state index < -0.39 is 0 Å². The lowest BCUT2D eigenvalue weighted by atomic mass is 10.1. The van der Waals surface area contributed by atoms with Crippen molar-refractivity contribution < 1.29 is 0 Å². The van der Waals surface area contributed by atoms with Crippen LogP contribution in [0.2, 0.25) is 5.02 Å². The summed E-state index contributed by atoms with van der Waals surface area (Å²) in [6.45, 7) is 2.21. The standard InChI is InChI=1S/C14H16ClN3/c1-2-8-3-6-12-13(8)18-14(17-12)10-7-9(15)4-5-11(10)16/h4-5,7-8H,2-3,6,16H2,1H3,(H,17,18). The average molecular weight is 262 g/mol. The molecule has 1 aliphatic carbocycles. The van der Waals surface area contributed by atoms with Crippen molar-refractivity contribution in [3.05, 3.63) is 34.6 Å². The predicted molar refractivity (Wildman–Crippen MR) is 74.8 cm³/mol. The van der Waals surface area contributed by atoms with E-state index in [0.29, 0.717) is 16.6 Å². The van der Waals surface area contributed by atoms with Crippen molar-refractivity contribution in [2.75, 3.05) is 5.73 Å². The second kappa shape index (κ2) is 4.32. The van der Waals surface area contributed by atoms with E-state index in [1.807, 2.05) is 12.1 Å². The van der Waals surface area contributed by atoms with Crippen LogP contribution in [0, 0.1) is 0 Å². The molecule has 1 aromatic heterocycles. The molecule has 3 N–H and O–H groups in total. The second-order valence-corrected chi connectivity index (χ2v) is 5.26. The molecule has 1 unspecified atom stereocenters. The van der Waals surface area contributed by atoms with Crippen molar-refractivity contribution in [3.8, 4) is 11.4 Å². The molecule has 1 aromatic carbocycles. The fraction of sp³-hybridized carbons (Fsp3) is 0.357. The zero-order valence-electron chi connectivity index (χ0n) is 10.3. The molecule has 94 valence electrons. The van der Waals surface area contributed by atoms with Crippen molar-refractivity contribution in [3.63, 3.8) is 0 Å². The van der Waals surface area contributed by atoms with E-state index in [-0.39, 0.29) is 0 Å². The SMILES string of the molecule is CCC1CCc2[nH]c(-c3cc(Cl)ccc3N)nc21. The Bertz CT molecular complexity index is 589. The average Bonchev–Trinajstić information content (AvgIpc) is 2.91. The van der Waals surface area contributed by atoms with E-state index in [1.54, 1.807) is 6.07 Å². The Hall–Kier alpha value is -1.48. The molecular weight excluding hydrogens is 246 g/mol. The number of aryl methyl sites for hydroxylation is 1. The number of nitrogens with zero attached hydrogens (tertiary/aromatic N) is 1. The first kappa shape index (κ1) is 11.6. The molecule has 18 heavy (non-hydrogen) atoms. The molecule has 3 rings (SSSR count). The highest BCUT2D eigenvalue weighted by atomic mass is 35.5. The molecule has 0 fully saturated rings. The molecule has 1 atom stereocenters. The van der Waals surface area contributed by atoms with Gasteiger partial charge >= 0.3 is 0 Å². The molecule has 0 radical (unpaired) electrons. The number of aromatic nitrogens is 2. The van der Waals surface area contributed by atoms with Crippen LogP contribution in [0.15, 0.2) is 18.2 Å². The molecule has 0 bridgehead atoms. The van der Waals surface area contributed by atoms with Crippen LogP contribution >= 0.6 is 11.6 Å². The minimum atomic E-state index is 0.588. The molecule has 3 nitrogen and oxygen atoms in total. The summed E-state index contributed by atoms with van der Waals surface area (Å²) in [4.78, 5) is 8.11. The maximum Gasteiger partial charge on any atom is 0.139 e. The lowest BCUT2D eigenvalue weighted by Crippen LogP contribution is -1.94. The Morgan fingerprint density at radius 1 is 1.50 bits per heavy atom. The quantitative estimate of drug-likeness (QED) is 0.809. The topological polar surface area (TPSA) is 54.7 Å². The number of H-pyrrole nitrogens is 1. The molecule has 0 saturated heterocycles. The molecule has 4 heteroatoms. The summed E-state index contributed by atoms with van der Waals surface area (Å²) in [6.07, 6.45) is 3.43. The summed E-state index contributed by atoms with van der Waals surface area (Å²) in [5.74, 6) is 1.43. The highest BCUT2D eigenvalue weighted by Gasteiger charge is 2.25. The van der Waals surface area contributed by atoms with Gasteiger partial charge in [0.15, 0.2) is 0 Å². The van der Waals surface area contributed by atoms with Gasteiger partial charge in [0.05, 0.1) is 5.69 Å². The van der Waals surface area contributed by atoms with E-state index in [2.05, 4.69) is 11.9 Å². The maximum absolute atomic E-state index is 6.02. The van der Waals surface area contributed by atoms with Gasteiger partial charge in [0, 0.05) is 27.9 Å². The van der Waals surface area contributed by atoms with Gasteiger partial charge in [0.25, 0.3) is 0 Å². The van der Waals surface area contributed by atoms with Gasteiger partial charge in [-0.3, -0.25) is 0 Å². The number of nitrogens with two attached hydrogens (primary N) is 1. The minimum Gasteiger partial charge on any atom is -0.398 e. The summed E-state index contributed by atoms with van der Waals surface area (Å²) >= 11 is 6.02. The highest BCUT2D eigenvalue weighted by Crippen LogP contribution is 2.36. The third-order valence-electron chi connectivity index (χ3n) is 3.70. The van der Waals surface area contributed by atoms with E-state index >= 15 is 0 Å². The Morgan fingerprint density at radius 3 is 3.11 bits per heavy atom. The van der Waals surface area contributed by atoms with Gasteiger partial charge in [-0.15, -0.1) is 0 Å². The summed E-state index contributed by atoms with van der Waals surface area (Å²) in [5.41, 5.74) is 10.1. The zero-order valence-corrected chi connectivity index (χ0v) is 11.1. The number of nitrogen functional groups attached to an aromatic ring is 1. The number of rotatable bonds is 2. The van der Waals surface area contributed by atoms with Crippen molar-refractivity contribution in [2.24, 2.45) is 0 Å². The number of fused-ring (bicyclic) bond motifs is 1. The van der Waals surface area contributed by atoms with Gasteiger partial charge in [0.2, 0.25) is 0 Å². The van der Waals surface area contributed by atoms with Crippen LogP contribution in [0.25, 0.3) is 11.4 Å². The van der Waals surface area contributed by atoms with Gasteiger partial charge < -0.3 is 10.7 Å². The third kappa shape index (κ3) is 1.79. The number of anilines is 1. The number of hydrogen-bond acceptors (Lipinski definition) is 2. The first-order valence-corrected chi connectivity index (χ1v) is 6.71. The third-order valence-corrected chi connectivity index (χ3v) is 3.94. The van der Waals surface area contributed by atoms with Crippen LogP contribution in [0.4, 0.5) is 5.69 Å². The zero-order chi connectivity index (χ0) is 12.7. The second-order valence-electron chi connectivity index (χ2n) is 4.82. The predicted octanol–water partition coefficient (Wildman–Crippen LogP) is 3.75. The minimum absolute atomic E-state index is 0.588. The Kier molecular flexibility index (Phi) is 2.78. The number of imidazole rings is 1. The number of aromatic amines is 1. The van der Waals surface area contributed by atoms with Crippen molar-refractivity contribution in [1.29, 1.82) is 0 Å². The van der Waals surface area contributed by atoms with Crippen LogP contribution < -0.4 is 5.73 Å². The smallest absolute Gasteiger partial charge is 0.139 e. The number of halogens is 1. The monoisotopic (exact) mass is 261 g/mol. The number of hydrogen-bond donors (Lipinski definition) is 2. The Labute approximate surface area is 111 Å². The van der Waals surface area contributed by atoms with Crippen molar-refractivity contribution >= 4 is 17.3 Å². The molecule has 0 spiro atoms. The first-order chi connectivity index (χ1) is 8.69. The molecule has 2 aromatic rings. The van der Waals surface area contributed by atoms with E-state index in [0.717, 1.165) is 24.2 Å². The normalized spacial score (nSPS) is 18.0. The molecular formula is C14H16ClN3. The van der Waals surface area contributed by atoms with Gasteiger partial charge in [0.1, 0.15) is 5.82 Å².